The summed E-state index contributed by atoms with van der Waals surface area (Å²) < 4.78 is 0. The minimum absolute atomic E-state index is 0.0289. The van der Waals surface area contributed by atoms with Crippen molar-refractivity contribution in [2.45, 2.75) is 19.4 Å². The molecule has 1 aromatic rings. The first-order valence-corrected chi connectivity index (χ1v) is 6.53. The molecule has 19 heavy (non-hydrogen) atoms. The number of hydrogen-bond donors (Lipinski definition) is 0. The first kappa shape index (κ1) is 13.3. The van der Waals surface area contributed by atoms with Gasteiger partial charge in [-0.2, -0.15) is 10.5 Å². The Kier molecular flexibility index (Phi) is 4.33. The van der Waals surface area contributed by atoms with Crippen molar-refractivity contribution in [2.24, 2.45) is 0 Å². The fraction of sp³-hybridized carbons (Fsp3) is 0.500. The van der Waals surface area contributed by atoms with Gasteiger partial charge < -0.3 is 4.90 Å². The first-order chi connectivity index (χ1) is 9.28. The van der Waals surface area contributed by atoms with Crippen LogP contribution in [0.5, 0.6) is 0 Å². The van der Waals surface area contributed by atoms with Gasteiger partial charge in [0.15, 0.2) is 0 Å². The molecule has 0 spiro atoms. The van der Waals surface area contributed by atoms with Gasteiger partial charge in [-0.1, -0.05) is 6.92 Å². The molecule has 1 saturated heterocycles. The predicted octanol–water partition coefficient (Wildman–Crippen LogP) is 1.38. The molecule has 1 aliphatic heterocycles. The molecule has 1 aromatic heterocycles. The SMILES string of the molecule is CCC(C#N)N1CCN(c2ccc(C#N)nc2)CC1. The summed E-state index contributed by atoms with van der Waals surface area (Å²) in [6.07, 6.45) is 2.62. The van der Waals surface area contributed by atoms with Crippen molar-refractivity contribution >= 4 is 5.69 Å². The lowest BCUT2D eigenvalue weighted by molar-refractivity contribution is 0.216. The maximum atomic E-state index is 9.07. The van der Waals surface area contributed by atoms with E-state index in [1.54, 1.807) is 12.3 Å². The third-order valence-electron chi connectivity index (χ3n) is 3.52. The molecule has 0 aromatic carbocycles. The topological polar surface area (TPSA) is 67.0 Å². The number of aromatic nitrogens is 1. The van der Waals surface area contributed by atoms with E-state index in [1.165, 1.54) is 0 Å². The zero-order valence-electron chi connectivity index (χ0n) is 11.1. The minimum Gasteiger partial charge on any atom is -0.368 e. The number of pyridine rings is 1. The second kappa shape index (κ2) is 6.17. The van der Waals surface area contributed by atoms with Gasteiger partial charge >= 0.3 is 0 Å². The molecule has 0 saturated carbocycles. The molecule has 0 N–H and O–H groups in total. The Hall–Kier alpha value is -2.11. The van der Waals surface area contributed by atoms with Crippen molar-refractivity contribution in [3.8, 4) is 12.1 Å². The summed E-state index contributed by atoms with van der Waals surface area (Å²) in [5.74, 6) is 0. The van der Waals surface area contributed by atoms with Crippen LogP contribution < -0.4 is 4.90 Å². The lowest BCUT2D eigenvalue weighted by Crippen LogP contribution is -2.50. The van der Waals surface area contributed by atoms with Gasteiger partial charge in [0.1, 0.15) is 11.8 Å². The molecular weight excluding hydrogens is 238 g/mol. The van der Waals surface area contributed by atoms with E-state index in [-0.39, 0.29) is 6.04 Å². The number of nitriles is 2. The predicted molar refractivity (Wildman–Crippen MR) is 72.4 cm³/mol. The molecule has 2 heterocycles. The highest BCUT2D eigenvalue weighted by Gasteiger charge is 2.22. The fourth-order valence-electron chi connectivity index (χ4n) is 2.36. The van der Waals surface area contributed by atoms with Crippen LogP contribution in [0, 0.1) is 22.7 Å². The van der Waals surface area contributed by atoms with E-state index in [4.69, 9.17) is 10.5 Å². The standard InChI is InChI=1S/C14H17N5/c1-2-13(10-16)18-5-7-19(8-6-18)14-4-3-12(9-15)17-11-14/h3-4,11,13H,2,5-8H2,1H3. The molecular formula is C14H17N5. The average molecular weight is 255 g/mol. The van der Waals surface area contributed by atoms with Gasteiger partial charge in [0, 0.05) is 26.2 Å². The van der Waals surface area contributed by atoms with Crippen molar-refractivity contribution in [3.05, 3.63) is 24.0 Å². The van der Waals surface area contributed by atoms with Crippen molar-refractivity contribution in [1.29, 1.82) is 10.5 Å². The third kappa shape index (κ3) is 3.01. The Balaban J connectivity index is 1.96. The van der Waals surface area contributed by atoms with Crippen LogP contribution in [-0.4, -0.2) is 42.1 Å². The Morgan fingerprint density at radius 3 is 2.47 bits per heavy atom. The molecule has 1 fully saturated rings. The highest BCUT2D eigenvalue weighted by Crippen LogP contribution is 2.17. The van der Waals surface area contributed by atoms with Gasteiger partial charge in [-0.05, 0) is 18.6 Å². The number of hydrogen-bond acceptors (Lipinski definition) is 5. The third-order valence-corrected chi connectivity index (χ3v) is 3.52. The molecule has 0 bridgehead atoms. The Bertz CT molecular complexity index is 488. The summed E-state index contributed by atoms with van der Waals surface area (Å²) >= 11 is 0. The average Bonchev–Trinajstić information content (AvgIpc) is 2.49. The fourth-order valence-corrected chi connectivity index (χ4v) is 2.36. The molecule has 1 aliphatic rings. The van der Waals surface area contributed by atoms with E-state index in [0.717, 1.165) is 38.3 Å². The quantitative estimate of drug-likeness (QED) is 0.816. The lowest BCUT2D eigenvalue weighted by atomic mass is 10.1. The summed E-state index contributed by atoms with van der Waals surface area (Å²) in [5.41, 5.74) is 1.49. The molecule has 0 aliphatic carbocycles. The van der Waals surface area contributed by atoms with Crippen LogP contribution in [-0.2, 0) is 0 Å². The van der Waals surface area contributed by atoms with Gasteiger partial charge in [-0.25, -0.2) is 4.98 Å². The van der Waals surface area contributed by atoms with Crippen LogP contribution in [0.25, 0.3) is 0 Å². The van der Waals surface area contributed by atoms with Crippen LogP contribution >= 0.6 is 0 Å². The molecule has 5 heteroatoms. The zero-order chi connectivity index (χ0) is 13.7. The zero-order valence-corrected chi connectivity index (χ0v) is 11.1. The van der Waals surface area contributed by atoms with Crippen molar-refractivity contribution in [3.63, 3.8) is 0 Å². The molecule has 0 radical (unpaired) electrons. The van der Waals surface area contributed by atoms with E-state index in [1.807, 2.05) is 19.1 Å². The molecule has 5 nitrogen and oxygen atoms in total. The number of rotatable bonds is 3. The van der Waals surface area contributed by atoms with Gasteiger partial charge in [0.25, 0.3) is 0 Å². The summed E-state index contributed by atoms with van der Waals surface area (Å²) in [7, 11) is 0. The van der Waals surface area contributed by atoms with E-state index in [2.05, 4.69) is 20.9 Å². The van der Waals surface area contributed by atoms with Crippen LogP contribution in [0.1, 0.15) is 19.0 Å². The van der Waals surface area contributed by atoms with Gasteiger partial charge in [0.05, 0.1) is 24.0 Å². The van der Waals surface area contributed by atoms with Crippen molar-refractivity contribution in [2.75, 3.05) is 31.1 Å². The van der Waals surface area contributed by atoms with E-state index in [0.29, 0.717) is 5.69 Å². The number of nitrogens with zero attached hydrogens (tertiary/aromatic N) is 5. The van der Waals surface area contributed by atoms with E-state index < -0.39 is 0 Å². The van der Waals surface area contributed by atoms with Crippen molar-refractivity contribution < 1.29 is 0 Å². The second-order valence-corrected chi connectivity index (χ2v) is 4.59. The van der Waals surface area contributed by atoms with Gasteiger partial charge in [-0.3, -0.25) is 4.90 Å². The molecule has 98 valence electrons. The Labute approximate surface area is 113 Å². The van der Waals surface area contributed by atoms with Crippen molar-refractivity contribution in [1.82, 2.24) is 9.88 Å². The maximum Gasteiger partial charge on any atom is 0.140 e. The summed E-state index contributed by atoms with van der Waals surface area (Å²) in [6, 6.07) is 8.07. The number of piperazine rings is 1. The van der Waals surface area contributed by atoms with Gasteiger partial charge in [0.2, 0.25) is 0 Å². The highest BCUT2D eigenvalue weighted by molar-refractivity contribution is 5.46. The van der Waals surface area contributed by atoms with Crippen LogP contribution in [0.3, 0.4) is 0 Å². The van der Waals surface area contributed by atoms with Crippen LogP contribution in [0.4, 0.5) is 5.69 Å². The first-order valence-electron chi connectivity index (χ1n) is 6.53. The monoisotopic (exact) mass is 255 g/mol. The summed E-state index contributed by atoms with van der Waals surface area (Å²) in [5, 5.41) is 17.8. The molecule has 0 amide bonds. The summed E-state index contributed by atoms with van der Waals surface area (Å²) in [4.78, 5) is 8.56. The summed E-state index contributed by atoms with van der Waals surface area (Å²) in [6.45, 7) is 5.63. The van der Waals surface area contributed by atoms with Crippen LogP contribution in [0.15, 0.2) is 18.3 Å². The van der Waals surface area contributed by atoms with Crippen LogP contribution in [0.2, 0.25) is 0 Å². The smallest absolute Gasteiger partial charge is 0.140 e. The normalized spacial score (nSPS) is 17.5. The molecule has 1 unspecified atom stereocenters. The highest BCUT2D eigenvalue weighted by atomic mass is 15.3. The van der Waals surface area contributed by atoms with Gasteiger partial charge in [-0.15, -0.1) is 0 Å². The molecule has 1 atom stereocenters. The lowest BCUT2D eigenvalue weighted by Gasteiger charge is -2.37. The van der Waals surface area contributed by atoms with E-state index >= 15 is 0 Å². The largest absolute Gasteiger partial charge is 0.368 e. The Morgan fingerprint density at radius 1 is 1.26 bits per heavy atom. The second-order valence-electron chi connectivity index (χ2n) is 4.59. The molecule has 2 rings (SSSR count). The minimum atomic E-state index is 0.0289. The maximum absolute atomic E-state index is 9.07. The number of anilines is 1. The Morgan fingerprint density at radius 2 is 2.00 bits per heavy atom. The van der Waals surface area contributed by atoms with E-state index in [9.17, 15) is 0 Å².